The Morgan fingerprint density at radius 1 is 0.889 bits per heavy atom. The van der Waals surface area contributed by atoms with Gasteiger partial charge in [-0.05, 0) is 38.0 Å². The van der Waals surface area contributed by atoms with Crippen LogP contribution in [0.1, 0.15) is 91.9 Å². The van der Waals surface area contributed by atoms with E-state index < -0.39 is 0 Å². The van der Waals surface area contributed by atoms with Crippen molar-refractivity contribution >= 4 is 0 Å². The molecule has 0 spiro atoms. The van der Waals surface area contributed by atoms with Gasteiger partial charge in [-0.25, -0.2) is 0 Å². The Balaban J connectivity index is 1.94. The lowest BCUT2D eigenvalue weighted by Crippen LogP contribution is -2.00. The van der Waals surface area contributed by atoms with Crippen LogP contribution in [0.4, 0.5) is 0 Å². The van der Waals surface area contributed by atoms with Gasteiger partial charge in [0.15, 0.2) is 0 Å². The molecule has 2 atom stereocenters. The molecule has 0 heteroatoms. The van der Waals surface area contributed by atoms with E-state index in [9.17, 15) is 0 Å². The highest BCUT2D eigenvalue weighted by Gasteiger charge is 2.16. The first-order valence-corrected chi connectivity index (χ1v) is 8.31. The van der Waals surface area contributed by atoms with Crippen LogP contribution in [0.3, 0.4) is 0 Å². The predicted molar refractivity (Wildman–Crippen MR) is 82.9 cm³/mol. The third-order valence-corrected chi connectivity index (χ3v) is 4.60. The Morgan fingerprint density at radius 2 is 1.50 bits per heavy atom. The largest absolute Gasteiger partial charge is 0.0697 e. The fourth-order valence-corrected chi connectivity index (χ4v) is 2.78. The monoisotopic (exact) mass is 250 g/mol. The van der Waals surface area contributed by atoms with Crippen molar-refractivity contribution in [3.63, 3.8) is 0 Å². The Morgan fingerprint density at radius 3 is 2.06 bits per heavy atom. The summed E-state index contributed by atoms with van der Waals surface area (Å²) in [7, 11) is 0. The SMILES string of the molecule is CCCCCCC(C)CCC(C)CCC1=C(C)C1. The molecule has 0 bridgehead atoms. The number of hydrogen-bond donors (Lipinski definition) is 0. The van der Waals surface area contributed by atoms with Crippen LogP contribution in [-0.2, 0) is 0 Å². The van der Waals surface area contributed by atoms with Gasteiger partial charge in [-0.2, -0.15) is 0 Å². The highest BCUT2D eigenvalue weighted by Crippen LogP contribution is 2.35. The summed E-state index contributed by atoms with van der Waals surface area (Å²) in [6.07, 6.45) is 14.2. The Kier molecular flexibility index (Phi) is 7.70. The highest BCUT2D eigenvalue weighted by molar-refractivity contribution is 5.32. The zero-order valence-electron chi connectivity index (χ0n) is 13.2. The Labute approximate surface area is 115 Å². The van der Waals surface area contributed by atoms with Crippen LogP contribution >= 0.6 is 0 Å². The van der Waals surface area contributed by atoms with Gasteiger partial charge in [0.05, 0.1) is 0 Å². The molecule has 0 heterocycles. The lowest BCUT2D eigenvalue weighted by Gasteiger charge is -2.15. The van der Waals surface area contributed by atoms with Gasteiger partial charge in [0.2, 0.25) is 0 Å². The molecule has 1 aliphatic rings. The molecule has 1 aliphatic carbocycles. The lowest BCUT2D eigenvalue weighted by atomic mass is 9.91. The first-order valence-electron chi connectivity index (χ1n) is 8.31. The van der Waals surface area contributed by atoms with E-state index in [0.29, 0.717) is 0 Å². The molecule has 0 aromatic heterocycles. The quantitative estimate of drug-likeness (QED) is 0.289. The summed E-state index contributed by atoms with van der Waals surface area (Å²) in [5, 5.41) is 0. The molecule has 0 saturated heterocycles. The van der Waals surface area contributed by atoms with Crippen molar-refractivity contribution in [1.82, 2.24) is 0 Å². The van der Waals surface area contributed by atoms with Crippen LogP contribution in [0.5, 0.6) is 0 Å². The predicted octanol–water partition coefficient (Wildman–Crippen LogP) is 6.51. The van der Waals surface area contributed by atoms with Crippen molar-refractivity contribution < 1.29 is 0 Å². The summed E-state index contributed by atoms with van der Waals surface area (Å²) in [6.45, 7) is 9.48. The molecule has 0 amide bonds. The van der Waals surface area contributed by atoms with Crippen LogP contribution in [0.2, 0.25) is 0 Å². The molecule has 0 saturated carbocycles. The van der Waals surface area contributed by atoms with E-state index in [2.05, 4.69) is 27.7 Å². The first-order chi connectivity index (χ1) is 8.63. The minimum absolute atomic E-state index is 0.934. The molecule has 2 unspecified atom stereocenters. The second-order valence-corrected chi connectivity index (χ2v) is 6.74. The minimum Gasteiger partial charge on any atom is -0.0697 e. The summed E-state index contributed by atoms with van der Waals surface area (Å²) >= 11 is 0. The zero-order chi connectivity index (χ0) is 13.4. The third kappa shape index (κ3) is 7.24. The van der Waals surface area contributed by atoms with Crippen molar-refractivity contribution in [2.75, 3.05) is 0 Å². The van der Waals surface area contributed by atoms with Gasteiger partial charge >= 0.3 is 0 Å². The van der Waals surface area contributed by atoms with Crippen molar-refractivity contribution in [1.29, 1.82) is 0 Å². The summed E-state index contributed by atoms with van der Waals surface area (Å²) in [5.74, 6) is 1.88. The zero-order valence-corrected chi connectivity index (χ0v) is 13.2. The molecular weight excluding hydrogens is 216 g/mol. The van der Waals surface area contributed by atoms with Crippen LogP contribution < -0.4 is 0 Å². The van der Waals surface area contributed by atoms with E-state index in [-0.39, 0.29) is 0 Å². The van der Waals surface area contributed by atoms with E-state index in [4.69, 9.17) is 0 Å². The van der Waals surface area contributed by atoms with E-state index in [1.54, 1.807) is 11.1 Å². The van der Waals surface area contributed by atoms with Gasteiger partial charge in [-0.15, -0.1) is 0 Å². The van der Waals surface area contributed by atoms with Crippen molar-refractivity contribution in [3.05, 3.63) is 11.1 Å². The topological polar surface area (TPSA) is 0 Å². The van der Waals surface area contributed by atoms with Gasteiger partial charge in [-0.1, -0.05) is 76.9 Å². The van der Waals surface area contributed by atoms with E-state index in [1.807, 2.05) is 0 Å². The molecule has 0 nitrogen and oxygen atoms in total. The van der Waals surface area contributed by atoms with Crippen LogP contribution in [0.25, 0.3) is 0 Å². The van der Waals surface area contributed by atoms with Gasteiger partial charge in [0.1, 0.15) is 0 Å². The molecule has 0 aromatic rings. The average Bonchev–Trinajstić information content (AvgIpc) is 3.06. The van der Waals surface area contributed by atoms with E-state index >= 15 is 0 Å². The van der Waals surface area contributed by atoms with Crippen LogP contribution in [0, 0.1) is 11.8 Å². The summed E-state index contributed by atoms with van der Waals surface area (Å²) in [5.41, 5.74) is 3.43. The second kappa shape index (κ2) is 8.77. The van der Waals surface area contributed by atoms with Crippen LogP contribution in [0.15, 0.2) is 11.1 Å². The Bertz CT molecular complexity index is 249. The van der Waals surface area contributed by atoms with Crippen molar-refractivity contribution in [2.45, 2.75) is 91.9 Å². The fraction of sp³-hybridized carbons (Fsp3) is 0.889. The molecular formula is C18H34. The van der Waals surface area contributed by atoms with E-state index in [0.717, 1.165) is 11.8 Å². The maximum atomic E-state index is 2.45. The fourth-order valence-electron chi connectivity index (χ4n) is 2.78. The van der Waals surface area contributed by atoms with Crippen molar-refractivity contribution in [3.8, 4) is 0 Å². The second-order valence-electron chi connectivity index (χ2n) is 6.74. The molecule has 18 heavy (non-hydrogen) atoms. The summed E-state index contributed by atoms with van der Waals surface area (Å²) in [4.78, 5) is 0. The summed E-state index contributed by atoms with van der Waals surface area (Å²) < 4.78 is 0. The van der Waals surface area contributed by atoms with Gasteiger partial charge in [0, 0.05) is 0 Å². The molecule has 0 aromatic carbocycles. The molecule has 0 fully saturated rings. The third-order valence-electron chi connectivity index (χ3n) is 4.60. The normalized spacial score (nSPS) is 18.0. The van der Waals surface area contributed by atoms with Crippen LogP contribution in [-0.4, -0.2) is 0 Å². The van der Waals surface area contributed by atoms with E-state index in [1.165, 1.54) is 64.2 Å². The number of rotatable bonds is 11. The smallest absolute Gasteiger partial charge is 0.0106 e. The summed E-state index contributed by atoms with van der Waals surface area (Å²) in [6, 6.07) is 0. The van der Waals surface area contributed by atoms with Crippen molar-refractivity contribution in [2.24, 2.45) is 11.8 Å². The molecule has 1 rings (SSSR count). The lowest BCUT2D eigenvalue weighted by molar-refractivity contribution is 0.387. The number of hydrogen-bond acceptors (Lipinski definition) is 0. The number of allylic oxidation sites excluding steroid dienone is 2. The Hall–Kier alpha value is -0.260. The standard InChI is InChI=1S/C18H34/c1-5-6-7-8-9-15(2)10-11-16(3)12-13-18-14-17(18)4/h15-16H,5-14H2,1-4H3. The minimum atomic E-state index is 0.934. The van der Waals surface area contributed by atoms with Gasteiger partial charge < -0.3 is 0 Å². The molecule has 0 radical (unpaired) electrons. The molecule has 0 N–H and O–H groups in total. The number of unbranched alkanes of at least 4 members (excludes halogenated alkanes) is 3. The average molecular weight is 250 g/mol. The van der Waals surface area contributed by atoms with Gasteiger partial charge in [-0.3, -0.25) is 0 Å². The maximum Gasteiger partial charge on any atom is -0.0106 e. The molecule has 0 aliphatic heterocycles. The maximum absolute atomic E-state index is 2.45. The first kappa shape index (κ1) is 15.8. The highest BCUT2D eigenvalue weighted by atomic mass is 14.2. The molecule has 106 valence electrons. The van der Waals surface area contributed by atoms with Gasteiger partial charge in [0.25, 0.3) is 0 Å².